The molecule has 1 amide bonds. The number of aromatic nitrogens is 2. The van der Waals surface area contributed by atoms with Crippen LogP contribution in [0.5, 0.6) is 11.6 Å². The first-order chi connectivity index (χ1) is 27.7. The topological polar surface area (TPSA) is 168 Å². The van der Waals surface area contributed by atoms with Gasteiger partial charge in [0.15, 0.2) is 8.32 Å². The van der Waals surface area contributed by atoms with Crippen LogP contribution in [0.25, 0.3) is 10.9 Å². The average Bonchev–Trinajstić information content (AvgIpc) is 3.47. The molecule has 336 valence electrons. The fourth-order valence-electron chi connectivity index (χ4n) is 5.98. The summed E-state index contributed by atoms with van der Waals surface area (Å²) < 4.78 is 100. The van der Waals surface area contributed by atoms with Crippen molar-refractivity contribution in [2.24, 2.45) is 0 Å². The second-order valence-corrected chi connectivity index (χ2v) is 22.6. The largest absolute Gasteiger partial charge is 0.492 e. The van der Waals surface area contributed by atoms with Crippen LogP contribution >= 0.6 is 0 Å². The number of hydrogen-bond acceptors (Lipinski definition) is 11. The maximum Gasteiger partial charge on any atom is 0.435 e. The molecule has 0 aliphatic carbocycles. The molecular formula is C40H59F3N4O11SSi. The first-order valence-electron chi connectivity index (χ1n) is 19.6. The summed E-state index contributed by atoms with van der Waals surface area (Å²) in [6.45, 7) is 16.6. The third-order valence-electron chi connectivity index (χ3n) is 8.87. The number of halogens is 3. The normalized spacial score (nSPS) is 13.5. The van der Waals surface area contributed by atoms with Gasteiger partial charge in [0.25, 0.3) is 11.3 Å². The Hall–Kier alpha value is -4.40. The number of esters is 1. The lowest BCUT2D eigenvalue weighted by molar-refractivity contribution is -0.152. The van der Waals surface area contributed by atoms with E-state index in [4.69, 9.17) is 23.4 Å². The minimum Gasteiger partial charge on any atom is -0.492 e. The molecule has 0 radical (unpaired) electrons. The number of fused-ring (bicyclic) bond motifs is 1. The highest BCUT2D eigenvalue weighted by Gasteiger charge is 2.36. The number of alkyl halides is 2. The van der Waals surface area contributed by atoms with E-state index in [9.17, 15) is 31.9 Å². The first-order valence-corrected chi connectivity index (χ1v) is 23.2. The Labute approximate surface area is 353 Å². The van der Waals surface area contributed by atoms with Crippen LogP contribution in [0, 0.1) is 5.82 Å². The monoisotopic (exact) mass is 888 g/mol. The van der Waals surface area contributed by atoms with Crippen molar-refractivity contribution in [1.82, 2.24) is 14.7 Å². The lowest BCUT2D eigenvalue weighted by atomic mass is 10.1. The number of hydrogen-bond donors (Lipinski definition) is 1. The van der Waals surface area contributed by atoms with Gasteiger partial charge in [-0.25, -0.2) is 18.2 Å². The van der Waals surface area contributed by atoms with Crippen LogP contribution in [-0.2, 0) is 34.7 Å². The number of nitrogens with zero attached hydrogens (tertiary/aromatic N) is 4. The van der Waals surface area contributed by atoms with E-state index in [0.717, 1.165) is 10.7 Å². The van der Waals surface area contributed by atoms with Crippen LogP contribution in [-0.4, -0.2) is 99.6 Å². The van der Waals surface area contributed by atoms with Crippen LogP contribution in [0.1, 0.15) is 94.8 Å². The summed E-state index contributed by atoms with van der Waals surface area (Å²) in [5.74, 6) is -2.05. The Morgan fingerprint density at radius 1 is 0.883 bits per heavy atom. The summed E-state index contributed by atoms with van der Waals surface area (Å²) >= 11 is -2.84. The highest BCUT2D eigenvalue weighted by atomic mass is 32.2. The number of rotatable bonds is 18. The third-order valence-corrected chi connectivity index (χ3v) is 14.2. The maximum atomic E-state index is 15.5. The molecule has 0 aliphatic rings. The van der Waals surface area contributed by atoms with Gasteiger partial charge in [0.2, 0.25) is 5.88 Å². The van der Waals surface area contributed by atoms with Crippen LogP contribution in [0.2, 0.25) is 18.1 Å². The van der Waals surface area contributed by atoms with E-state index in [1.165, 1.54) is 35.2 Å². The van der Waals surface area contributed by atoms with E-state index in [0.29, 0.717) is 28.0 Å². The number of carbonyl (C=O) groups is 3. The van der Waals surface area contributed by atoms with Crippen molar-refractivity contribution in [1.29, 1.82) is 0 Å². The molecule has 2 atom stereocenters. The fraction of sp³-hybridized carbons (Fsp3) is 0.600. The Bertz CT molecular complexity index is 1970. The van der Waals surface area contributed by atoms with Crippen molar-refractivity contribution in [3.63, 3.8) is 0 Å². The summed E-state index contributed by atoms with van der Waals surface area (Å²) in [5, 5.41) is 4.01. The van der Waals surface area contributed by atoms with Gasteiger partial charge in [-0.2, -0.15) is 13.5 Å². The number of ether oxygens (including phenoxy) is 5. The van der Waals surface area contributed by atoms with Crippen molar-refractivity contribution in [3.05, 3.63) is 47.8 Å². The Morgan fingerprint density at radius 3 is 2.02 bits per heavy atom. The van der Waals surface area contributed by atoms with Gasteiger partial charge < -0.3 is 33.0 Å². The summed E-state index contributed by atoms with van der Waals surface area (Å²) in [7, 11) is -2.50. The zero-order chi connectivity index (χ0) is 45.4. The summed E-state index contributed by atoms with van der Waals surface area (Å²) in [6.07, 6.45) is -2.58. The molecule has 3 rings (SSSR count). The minimum absolute atomic E-state index is 0.0616. The zero-order valence-electron chi connectivity index (χ0n) is 36.4. The predicted molar refractivity (Wildman–Crippen MR) is 223 cm³/mol. The molecule has 60 heavy (non-hydrogen) atoms. The van der Waals surface area contributed by atoms with Gasteiger partial charge in [0.05, 0.1) is 35.8 Å². The van der Waals surface area contributed by atoms with E-state index < -0.39 is 85.5 Å². The van der Waals surface area contributed by atoms with E-state index >= 15 is 4.39 Å². The number of carbonyl (C=O) groups excluding carboxylic acids is 3. The molecule has 0 bridgehead atoms. The van der Waals surface area contributed by atoms with E-state index in [-0.39, 0.29) is 42.0 Å². The van der Waals surface area contributed by atoms with Gasteiger partial charge in [-0.3, -0.25) is 13.7 Å². The second kappa shape index (κ2) is 20.4. The van der Waals surface area contributed by atoms with E-state index in [1.54, 1.807) is 62.3 Å². The molecule has 0 spiro atoms. The van der Waals surface area contributed by atoms with Gasteiger partial charge in [-0.15, -0.1) is 5.10 Å². The molecule has 0 fully saturated rings. The van der Waals surface area contributed by atoms with Crippen molar-refractivity contribution >= 4 is 54.3 Å². The summed E-state index contributed by atoms with van der Waals surface area (Å²) in [4.78, 5) is 41.0. The summed E-state index contributed by atoms with van der Waals surface area (Å²) in [5.41, 5.74) is -2.70. The average molecular weight is 889 g/mol. The van der Waals surface area contributed by atoms with Gasteiger partial charge in [0, 0.05) is 6.07 Å². The molecule has 2 unspecified atom stereocenters. The van der Waals surface area contributed by atoms with Crippen LogP contribution in [0.15, 0.2) is 36.4 Å². The standard InChI is InChI=1S/C40H59F3N4O11SSi/c1-13-60(14-2,15-3)58-32(26-16-19-29(41)31(22-26)46(59(51)52)25-33(48)55-38(4,5)6)24-45(36(49)56-39(7,8)9)20-21-53-27-17-18-28-30(23-27)47(37(50)57-40(10,11)12)44-34(28)54-35(42)43/h16-19,22-23,32,35H,13-15,20-21,24-25H2,1-12H3,(H,51,52). The lowest BCUT2D eigenvalue weighted by Crippen LogP contribution is -2.45. The molecule has 20 heteroatoms. The van der Waals surface area contributed by atoms with Gasteiger partial charge in [-0.1, -0.05) is 26.8 Å². The minimum atomic E-state index is -3.21. The van der Waals surface area contributed by atoms with Gasteiger partial charge >= 0.3 is 24.8 Å². The highest BCUT2D eigenvalue weighted by Crippen LogP contribution is 2.35. The molecule has 15 nitrogen and oxygen atoms in total. The molecule has 1 heterocycles. The number of benzene rings is 2. The molecular weight excluding hydrogens is 830 g/mol. The van der Waals surface area contributed by atoms with Crippen LogP contribution < -0.4 is 13.8 Å². The number of amides is 1. The highest BCUT2D eigenvalue weighted by molar-refractivity contribution is 7.80. The smallest absolute Gasteiger partial charge is 0.435 e. The lowest BCUT2D eigenvalue weighted by Gasteiger charge is -2.37. The predicted octanol–water partition coefficient (Wildman–Crippen LogP) is 9.22. The molecule has 1 N–H and O–H groups in total. The molecule has 3 aromatic rings. The van der Waals surface area contributed by atoms with E-state index in [2.05, 4.69) is 9.84 Å². The Kier molecular flexibility index (Phi) is 17.0. The summed E-state index contributed by atoms with van der Waals surface area (Å²) in [6, 6.07) is 10.2. The van der Waals surface area contributed by atoms with Crippen molar-refractivity contribution in [2.75, 3.05) is 30.5 Å². The van der Waals surface area contributed by atoms with Gasteiger partial charge in [-0.05, 0) is 110 Å². The molecule has 2 aromatic carbocycles. The second-order valence-electron chi connectivity index (χ2n) is 16.9. The number of anilines is 1. The fourth-order valence-corrected chi connectivity index (χ4v) is 9.32. The molecule has 0 saturated carbocycles. The molecule has 0 aliphatic heterocycles. The van der Waals surface area contributed by atoms with Crippen molar-refractivity contribution < 1.29 is 64.4 Å². The maximum absolute atomic E-state index is 15.5. The van der Waals surface area contributed by atoms with Crippen LogP contribution in [0.4, 0.5) is 28.4 Å². The van der Waals surface area contributed by atoms with Gasteiger partial charge in [0.1, 0.15) is 41.5 Å². The Morgan fingerprint density at radius 2 is 1.48 bits per heavy atom. The SMILES string of the molecule is CC[Si](CC)(CC)OC(CN(CCOc1ccc2c(OC(F)F)nn(C(=O)OC(C)(C)C)c2c1)C(=O)OC(C)(C)C)c1ccc(F)c(N(CC(=O)OC(C)(C)C)S(=O)O)c1. The first kappa shape index (κ1) is 50.0. The Balaban J connectivity index is 2.05. The van der Waals surface area contributed by atoms with Crippen molar-refractivity contribution in [3.8, 4) is 11.6 Å². The quantitative estimate of drug-likeness (QED) is 0.0557. The van der Waals surface area contributed by atoms with Crippen LogP contribution in [0.3, 0.4) is 0 Å². The molecule has 1 aromatic heterocycles. The molecule has 0 saturated heterocycles. The van der Waals surface area contributed by atoms with E-state index in [1.807, 2.05) is 20.8 Å². The zero-order valence-corrected chi connectivity index (χ0v) is 38.2. The third kappa shape index (κ3) is 14.7. The van der Waals surface area contributed by atoms with Crippen molar-refractivity contribution in [2.45, 2.75) is 131 Å².